The first-order valence-electron chi connectivity index (χ1n) is 6.23. The number of benzene rings is 1. The van der Waals surface area contributed by atoms with Crippen molar-refractivity contribution in [3.63, 3.8) is 0 Å². The first kappa shape index (κ1) is 18.5. The second-order valence-electron chi connectivity index (χ2n) is 4.78. The first-order chi connectivity index (χ1) is 8.74. The van der Waals surface area contributed by atoms with E-state index in [2.05, 4.69) is 15.9 Å². The second-order valence-corrected chi connectivity index (χ2v) is 5.70. The van der Waals surface area contributed by atoms with Gasteiger partial charge in [-0.2, -0.15) is 0 Å². The summed E-state index contributed by atoms with van der Waals surface area (Å²) in [5.41, 5.74) is 0.928. The van der Waals surface area contributed by atoms with Crippen LogP contribution in [0.4, 0.5) is 0 Å². The van der Waals surface area contributed by atoms with Crippen molar-refractivity contribution in [3.8, 4) is 0 Å². The number of aliphatic hydroxyl groups excluding tert-OH is 2. The maximum atomic E-state index is 9.77. The van der Waals surface area contributed by atoms with Crippen LogP contribution >= 0.6 is 15.9 Å². The Morgan fingerprint density at radius 2 is 1.79 bits per heavy atom. The molecule has 19 heavy (non-hydrogen) atoms. The molecule has 0 fully saturated rings. The van der Waals surface area contributed by atoms with Gasteiger partial charge in [0.25, 0.3) is 0 Å². The van der Waals surface area contributed by atoms with Crippen molar-refractivity contribution >= 4 is 15.9 Å². The average molecular weight is 335 g/mol. The monoisotopic (exact) mass is 334 g/mol. The lowest BCUT2D eigenvalue weighted by molar-refractivity contribution is -0.127. The highest BCUT2D eigenvalue weighted by molar-refractivity contribution is 9.10. The summed E-state index contributed by atoms with van der Waals surface area (Å²) in [6, 6.07) is 7.68. The number of aliphatic hydroxyl groups is 4. The largest absolute Gasteiger partial charge is 0.396 e. The molecule has 0 radical (unpaired) electrons. The molecule has 1 atom stereocenters. The third-order valence-corrected chi connectivity index (χ3v) is 2.61. The summed E-state index contributed by atoms with van der Waals surface area (Å²) in [5, 5.41) is 34.5. The standard InChI is InChI=1S/C11H15BrO2.C3H8O2/c12-10-5-3-4-9(8-10)11(14)6-1-2-7-13;1-3(2,4)5/h3-5,8,11,13-14H,1-2,6-7H2;4-5H,1-2H3. The molecule has 0 saturated carbocycles. The van der Waals surface area contributed by atoms with Crippen molar-refractivity contribution in [2.45, 2.75) is 45.0 Å². The third-order valence-electron chi connectivity index (χ3n) is 2.12. The molecule has 4 nitrogen and oxygen atoms in total. The Hall–Kier alpha value is -0.460. The fourth-order valence-electron chi connectivity index (χ4n) is 1.33. The van der Waals surface area contributed by atoms with Crippen LogP contribution in [0.25, 0.3) is 0 Å². The van der Waals surface area contributed by atoms with Crippen LogP contribution in [0.1, 0.15) is 44.8 Å². The fraction of sp³-hybridized carbons (Fsp3) is 0.571. The molecule has 0 spiro atoms. The van der Waals surface area contributed by atoms with Gasteiger partial charge in [-0.3, -0.25) is 0 Å². The Balaban J connectivity index is 0.000000555. The molecule has 1 unspecified atom stereocenters. The van der Waals surface area contributed by atoms with Crippen LogP contribution < -0.4 is 0 Å². The summed E-state index contributed by atoms with van der Waals surface area (Å²) in [5.74, 6) is -1.50. The van der Waals surface area contributed by atoms with E-state index < -0.39 is 11.9 Å². The third kappa shape index (κ3) is 12.3. The fourth-order valence-corrected chi connectivity index (χ4v) is 1.75. The Morgan fingerprint density at radius 1 is 1.21 bits per heavy atom. The number of unbranched alkanes of at least 4 members (excludes halogenated alkanes) is 1. The van der Waals surface area contributed by atoms with Gasteiger partial charge in [0.05, 0.1) is 6.10 Å². The highest BCUT2D eigenvalue weighted by Crippen LogP contribution is 2.22. The minimum Gasteiger partial charge on any atom is -0.396 e. The van der Waals surface area contributed by atoms with E-state index in [4.69, 9.17) is 15.3 Å². The zero-order valence-corrected chi connectivity index (χ0v) is 13.0. The molecule has 4 N–H and O–H groups in total. The van der Waals surface area contributed by atoms with Crippen molar-refractivity contribution < 1.29 is 20.4 Å². The predicted octanol–water partition coefficient (Wildman–Crippen LogP) is 2.35. The summed E-state index contributed by atoms with van der Waals surface area (Å²) in [6.45, 7) is 2.80. The summed E-state index contributed by atoms with van der Waals surface area (Å²) in [6.07, 6.45) is 1.89. The molecular formula is C14H23BrO4. The summed E-state index contributed by atoms with van der Waals surface area (Å²) in [7, 11) is 0. The van der Waals surface area contributed by atoms with Crippen molar-refractivity contribution in [2.24, 2.45) is 0 Å². The van der Waals surface area contributed by atoms with Gasteiger partial charge in [-0.25, -0.2) is 0 Å². The van der Waals surface area contributed by atoms with E-state index in [0.717, 1.165) is 22.9 Å². The van der Waals surface area contributed by atoms with E-state index in [1.165, 1.54) is 13.8 Å². The van der Waals surface area contributed by atoms with E-state index in [9.17, 15) is 5.11 Å². The summed E-state index contributed by atoms with van der Waals surface area (Å²) >= 11 is 3.36. The van der Waals surface area contributed by atoms with Crippen LogP contribution in [-0.2, 0) is 0 Å². The van der Waals surface area contributed by atoms with Gasteiger partial charge in [-0.1, -0.05) is 28.1 Å². The highest BCUT2D eigenvalue weighted by atomic mass is 79.9. The Labute approximate surface area is 122 Å². The zero-order valence-electron chi connectivity index (χ0n) is 11.4. The van der Waals surface area contributed by atoms with Gasteiger partial charge in [-0.15, -0.1) is 0 Å². The van der Waals surface area contributed by atoms with Gasteiger partial charge in [0, 0.05) is 11.1 Å². The second kappa shape index (κ2) is 9.44. The minimum atomic E-state index is -1.50. The van der Waals surface area contributed by atoms with E-state index in [0.29, 0.717) is 6.42 Å². The van der Waals surface area contributed by atoms with Crippen molar-refractivity contribution in [1.82, 2.24) is 0 Å². The van der Waals surface area contributed by atoms with Gasteiger partial charge in [0.15, 0.2) is 5.79 Å². The smallest absolute Gasteiger partial charge is 0.156 e. The van der Waals surface area contributed by atoms with Crippen LogP contribution in [0.15, 0.2) is 28.7 Å². The van der Waals surface area contributed by atoms with Gasteiger partial charge < -0.3 is 20.4 Å². The van der Waals surface area contributed by atoms with Crippen LogP contribution in [0.5, 0.6) is 0 Å². The van der Waals surface area contributed by atoms with Crippen molar-refractivity contribution in [3.05, 3.63) is 34.3 Å². The van der Waals surface area contributed by atoms with Crippen molar-refractivity contribution in [2.75, 3.05) is 6.61 Å². The lowest BCUT2D eigenvalue weighted by atomic mass is 10.0. The Kier molecular flexibility index (Phi) is 9.22. The highest BCUT2D eigenvalue weighted by Gasteiger charge is 2.06. The van der Waals surface area contributed by atoms with Gasteiger partial charge in [0.1, 0.15) is 0 Å². The van der Waals surface area contributed by atoms with Crippen LogP contribution in [0.3, 0.4) is 0 Å². The van der Waals surface area contributed by atoms with E-state index in [1.807, 2.05) is 24.3 Å². The molecule has 0 aliphatic heterocycles. The molecule has 1 rings (SSSR count). The molecule has 1 aromatic carbocycles. The van der Waals surface area contributed by atoms with Gasteiger partial charge in [0.2, 0.25) is 0 Å². The predicted molar refractivity (Wildman–Crippen MR) is 78.6 cm³/mol. The lowest BCUT2D eigenvalue weighted by Crippen LogP contribution is -2.15. The topological polar surface area (TPSA) is 80.9 Å². The molecule has 0 aromatic heterocycles. The maximum absolute atomic E-state index is 9.77. The Bertz CT molecular complexity index is 344. The molecule has 0 aliphatic carbocycles. The molecule has 0 heterocycles. The molecule has 0 saturated heterocycles. The number of hydrogen-bond donors (Lipinski definition) is 4. The molecule has 5 heteroatoms. The minimum absolute atomic E-state index is 0.200. The molecule has 110 valence electrons. The molecule has 0 bridgehead atoms. The number of halogens is 1. The van der Waals surface area contributed by atoms with Crippen molar-refractivity contribution in [1.29, 1.82) is 0 Å². The normalized spacial score (nSPS) is 12.6. The lowest BCUT2D eigenvalue weighted by Gasteiger charge is -2.10. The molecule has 0 amide bonds. The van der Waals surface area contributed by atoms with Crippen LogP contribution in [0.2, 0.25) is 0 Å². The van der Waals surface area contributed by atoms with E-state index >= 15 is 0 Å². The first-order valence-corrected chi connectivity index (χ1v) is 7.02. The quantitative estimate of drug-likeness (QED) is 0.492. The average Bonchev–Trinajstić information content (AvgIpc) is 2.27. The van der Waals surface area contributed by atoms with E-state index in [1.54, 1.807) is 0 Å². The van der Waals surface area contributed by atoms with E-state index in [-0.39, 0.29) is 6.61 Å². The van der Waals surface area contributed by atoms with Gasteiger partial charge in [-0.05, 0) is 50.8 Å². The zero-order chi connectivity index (χ0) is 14.9. The summed E-state index contributed by atoms with van der Waals surface area (Å²) in [4.78, 5) is 0. The molecule has 1 aromatic rings. The van der Waals surface area contributed by atoms with Gasteiger partial charge >= 0.3 is 0 Å². The number of rotatable bonds is 5. The number of hydrogen-bond acceptors (Lipinski definition) is 4. The van der Waals surface area contributed by atoms with Crippen LogP contribution in [-0.4, -0.2) is 32.8 Å². The molecular weight excluding hydrogens is 312 g/mol. The SMILES string of the molecule is CC(C)(O)O.OCCCCC(O)c1cccc(Br)c1. The molecule has 0 aliphatic rings. The summed E-state index contributed by atoms with van der Waals surface area (Å²) < 4.78 is 0.983. The van der Waals surface area contributed by atoms with Crippen LogP contribution in [0, 0.1) is 0 Å². The maximum Gasteiger partial charge on any atom is 0.156 e. The Morgan fingerprint density at radius 3 is 2.26 bits per heavy atom.